The molecule has 0 bridgehead atoms. The molecule has 0 amide bonds. The van der Waals surface area contributed by atoms with Crippen molar-refractivity contribution in [1.82, 2.24) is 9.55 Å². The molecule has 7 rings (SSSR count). The summed E-state index contributed by atoms with van der Waals surface area (Å²) in [4.78, 5) is 4.95. The molecule has 3 heteroatoms. The van der Waals surface area contributed by atoms with E-state index in [1.807, 2.05) is 6.20 Å². The average Bonchev–Trinajstić information content (AvgIpc) is 3.61. The van der Waals surface area contributed by atoms with Gasteiger partial charge in [0.1, 0.15) is 5.52 Å². The van der Waals surface area contributed by atoms with Gasteiger partial charge in [-0.2, -0.15) is 4.40 Å². The van der Waals surface area contributed by atoms with Gasteiger partial charge in [-0.1, -0.05) is 43.9 Å². The fourth-order valence-corrected chi connectivity index (χ4v) is 7.01. The molecule has 2 fully saturated rings. The Labute approximate surface area is 195 Å². The molecule has 0 aliphatic heterocycles. The van der Waals surface area contributed by atoms with E-state index in [4.69, 9.17) is 4.98 Å². The van der Waals surface area contributed by atoms with Crippen molar-refractivity contribution < 1.29 is 4.40 Å². The van der Waals surface area contributed by atoms with Gasteiger partial charge in [0.05, 0.1) is 18.0 Å². The largest absolute Gasteiger partial charge is 0.297 e. The molecule has 166 valence electrons. The molecule has 2 aliphatic carbocycles. The van der Waals surface area contributed by atoms with Crippen LogP contribution in [-0.4, -0.2) is 9.55 Å². The van der Waals surface area contributed by atoms with Crippen LogP contribution in [0.3, 0.4) is 0 Å². The molecule has 0 N–H and O–H groups in total. The van der Waals surface area contributed by atoms with Crippen molar-refractivity contribution in [1.29, 1.82) is 0 Å². The van der Waals surface area contributed by atoms with Gasteiger partial charge in [-0.3, -0.25) is 4.98 Å². The van der Waals surface area contributed by atoms with Gasteiger partial charge in [0, 0.05) is 17.1 Å². The molecule has 0 unspecified atom stereocenters. The van der Waals surface area contributed by atoms with Gasteiger partial charge >= 0.3 is 0 Å². The Kier molecular flexibility index (Phi) is 4.31. The van der Waals surface area contributed by atoms with Crippen LogP contribution in [0.2, 0.25) is 0 Å². The first-order valence-electron chi connectivity index (χ1n) is 12.9. The smallest absolute Gasteiger partial charge is 0.255 e. The molecule has 33 heavy (non-hydrogen) atoms. The summed E-state index contributed by atoms with van der Waals surface area (Å²) in [6.07, 6.45) is 12.7. The molecule has 2 aliphatic rings. The van der Waals surface area contributed by atoms with Crippen molar-refractivity contribution in [3.8, 4) is 0 Å². The Balaban J connectivity index is 1.68. The number of fused-ring (bicyclic) bond motifs is 8. The van der Waals surface area contributed by atoms with Crippen LogP contribution in [0.5, 0.6) is 0 Å². The van der Waals surface area contributed by atoms with Crippen LogP contribution in [0.4, 0.5) is 0 Å². The van der Waals surface area contributed by atoms with Crippen LogP contribution in [0.25, 0.3) is 38.5 Å². The summed E-state index contributed by atoms with van der Waals surface area (Å²) in [5.41, 5.74) is 10.8. The molecule has 3 nitrogen and oxygen atoms in total. The number of rotatable bonds is 2. The van der Waals surface area contributed by atoms with Gasteiger partial charge in [-0.25, -0.2) is 4.57 Å². The van der Waals surface area contributed by atoms with E-state index in [1.165, 1.54) is 101 Å². The lowest BCUT2D eigenvalue weighted by Crippen LogP contribution is -2.25. The molecule has 0 spiro atoms. The van der Waals surface area contributed by atoms with E-state index in [1.54, 1.807) is 0 Å². The molecular formula is C30H32N3+. The second-order valence-electron chi connectivity index (χ2n) is 10.5. The Morgan fingerprint density at radius 1 is 0.909 bits per heavy atom. The quantitative estimate of drug-likeness (QED) is 0.212. The maximum Gasteiger partial charge on any atom is 0.297 e. The summed E-state index contributed by atoms with van der Waals surface area (Å²) in [5.74, 6) is 1.38. The van der Waals surface area contributed by atoms with E-state index in [9.17, 15) is 0 Å². The first-order valence-corrected chi connectivity index (χ1v) is 12.9. The van der Waals surface area contributed by atoms with E-state index >= 15 is 0 Å². The van der Waals surface area contributed by atoms with E-state index in [-0.39, 0.29) is 0 Å². The standard InChI is InChI=1S/C30H32N3/c1-19-16-17-31-28-24-13-7-12-23(21-10-5-6-11-21)29(24)33-25-15-14-22(20-8-3-4-9-20)18-26(25)32(2)30(33)27(19)28/h7,12-18,20-21H,3-6,8-11H2,1-2H3/q+1. The summed E-state index contributed by atoms with van der Waals surface area (Å²) >= 11 is 0. The summed E-state index contributed by atoms with van der Waals surface area (Å²) in [6.45, 7) is 2.23. The third-order valence-corrected chi connectivity index (χ3v) is 8.68. The Bertz CT molecular complexity index is 1550. The van der Waals surface area contributed by atoms with Crippen molar-refractivity contribution in [3.63, 3.8) is 0 Å². The maximum atomic E-state index is 4.95. The van der Waals surface area contributed by atoms with Gasteiger partial charge in [-0.05, 0) is 79.8 Å². The molecule has 0 radical (unpaired) electrons. The molecule has 2 saturated carbocycles. The zero-order valence-electron chi connectivity index (χ0n) is 19.8. The first-order chi connectivity index (χ1) is 16.2. The molecule has 5 aromatic rings. The highest BCUT2D eigenvalue weighted by Gasteiger charge is 2.30. The van der Waals surface area contributed by atoms with Crippen LogP contribution in [0, 0.1) is 6.92 Å². The van der Waals surface area contributed by atoms with Crippen LogP contribution in [0.1, 0.15) is 79.9 Å². The normalized spacial score (nSPS) is 18.0. The zero-order valence-corrected chi connectivity index (χ0v) is 19.8. The van der Waals surface area contributed by atoms with Gasteiger partial charge in [0.2, 0.25) is 0 Å². The first kappa shape index (κ1) is 19.5. The van der Waals surface area contributed by atoms with Crippen molar-refractivity contribution in [2.45, 2.75) is 70.1 Å². The van der Waals surface area contributed by atoms with E-state index < -0.39 is 0 Å². The summed E-state index contributed by atoms with van der Waals surface area (Å²) in [5, 5.41) is 2.58. The zero-order chi connectivity index (χ0) is 22.1. The Morgan fingerprint density at radius 2 is 1.67 bits per heavy atom. The third-order valence-electron chi connectivity index (χ3n) is 8.68. The highest BCUT2D eigenvalue weighted by Crippen LogP contribution is 2.40. The second kappa shape index (κ2) is 7.28. The molecule has 0 atom stereocenters. The fraction of sp³-hybridized carbons (Fsp3) is 0.400. The predicted molar refractivity (Wildman–Crippen MR) is 136 cm³/mol. The van der Waals surface area contributed by atoms with E-state index in [0.717, 1.165) is 11.4 Å². The van der Waals surface area contributed by atoms with Crippen LogP contribution < -0.4 is 4.40 Å². The predicted octanol–water partition coefficient (Wildman–Crippen LogP) is 7.24. The topological polar surface area (TPSA) is 21.9 Å². The Hall–Kier alpha value is -2.94. The summed E-state index contributed by atoms with van der Waals surface area (Å²) in [7, 11) is 2.26. The SMILES string of the molecule is Cc1ccnc2c3cccc(C4CCCC4)c3[n+]3c4ccc(C5CCCC5)cc4n(C)c3c12. The monoisotopic (exact) mass is 434 g/mol. The number of imidazole rings is 1. The number of pyridine rings is 2. The maximum absolute atomic E-state index is 4.95. The minimum Gasteiger partial charge on any atom is -0.255 e. The minimum atomic E-state index is 0.652. The van der Waals surface area contributed by atoms with Crippen LogP contribution >= 0.6 is 0 Å². The third kappa shape index (κ3) is 2.74. The average molecular weight is 435 g/mol. The number of aromatic nitrogens is 3. The summed E-state index contributed by atoms with van der Waals surface area (Å²) in [6, 6.07) is 16.4. The minimum absolute atomic E-state index is 0.652. The van der Waals surface area contributed by atoms with Crippen molar-refractivity contribution in [3.05, 3.63) is 65.4 Å². The second-order valence-corrected chi connectivity index (χ2v) is 10.5. The highest BCUT2D eigenvalue weighted by atomic mass is 15.1. The molecule has 0 saturated heterocycles. The number of hydrogen-bond acceptors (Lipinski definition) is 1. The van der Waals surface area contributed by atoms with Crippen molar-refractivity contribution >= 4 is 38.5 Å². The summed E-state index contributed by atoms with van der Waals surface area (Å²) < 4.78 is 5.02. The lowest BCUT2D eigenvalue weighted by Gasteiger charge is -2.14. The van der Waals surface area contributed by atoms with Gasteiger partial charge in [0.15, 0.2) is 11.0 Å². The molecule has 3 heterocycles. The van der Waals surface area contributed by atoms with Crippen molar-refractivity contribution in [2.75, 3.05) is 0 Å². The van der Waals surface area contributed by atoms with E-state index in [2.05, 4.69) is 65.4 Å². The number of para-hydroxylation sites is 1. The molecule has 2 aromatic carbocycles. The Morgan fingerprint density at radius 3 is 2.45 bits per heavy atom. The highest BCUT2D eigenvalue weighted by molar-refractivity contribution is 6.10. The van der Waals surface area contributed by atoms with Gasteiger partial charge < -0.3 is 0 Å². The lowest BCUT2D eigenvalue weighted by atomic mass is 9.93. The number of aryl methyl sites for hydroxylation is 2. The number of benzene rings is 2. The van der Waals surface area contributed by atoms with E-state index in [0.29, 0.717) is 5.92 Å². The van der Waals surface area contributed by atoms with Gasteiger partial charge in [-0.15, -0.1) is 0 Å². The van der Waals surface area contributed by atoms with Crippen molar-refractivity contribution in [2.24, 2.45) is 7.05 Å². The van der Waals surface area contributed by atoms with Gasteiger partial charge in [0.25, 0.3) is 5.65 Å². The number of hydrogen-bond donors (Lipinski definition) is 0. The lowest BCUT2D eigenvalue weighted by molar-refractivity contribution is -0.449. The molecule has 3 aromatic heterocycles. The fourth-order valence-electron chi connectivity index (χ4n) is 7.01. The van der Waals surface area contributed by atoms with Crippen LogP contribution in [-0.2, 0) is 7.05 Å². The van der Waals surface area contributed by atoms with Crippen LogP contribution in [0.15, 0.2) is 48.7 Å². The number of nitrogens with zero attached hydrogens (tertiary/aromatic N) is 3. The molecular weight excluding hydrogens is 402 g/mol.